The largest absolute Gasteiger partial charge is 0.435 e. The Labute approximate surface area is 160 Å². The van der Waals surface area contributed by atoms with Crippen molar-refractivity contribution in [3.05, 3.63) is 29.8 Å². The van der Waals surface area contributed by atoms with E-state index >= 15 is 0 Å². The van der Waals surface area contributed by atoms with Crippen LogP contribution in [0.2, 0.25) is 0 Å². The lowest BCUT2D eigenvalue weighted by atomic mass is 9.85. The van der Waals surface area contributed by atoms with Gasteiger partial charge in [0.1, 0.15) is 5.75 Å². The molecule has 1 aromatic carbocycles. The lowest BCUT2D eigenvalue weighted by Gasteiger charge is -2.41. The summed E-state index contributed by atoms with van der Waals surface area (Å²) in [6.45, 7) is 2.84. The number of ether oxygens (including phenoxy) is 2. The van der Waals surface area contributed by atoms with E-state index in [-0.39, 0.29) is 30.6 Å². The van der Waals surface area contributed by atoms with Crippen LogP contribution in [0.5, 0.6) is 5.75 Å². The Morgan fingerprint density at radius 2 is 1.64 bits per heavy atom. The molecule has 1 aromatic rings. The van der Waals surface area contributed by atoms with Crippen molar-refractivity contribution in [2.24, 2.45) is 5.92 Å². The third kappa shape index (κ3) is 6.22. The molecule has 2 fully saturated rings. The highest BCUT2D eigenvalue weighted by Crippen LogP contribution is 2.36. The van der Waals surface area contributed by atoms with Crippen LogP contribution in [0.15, 0.2) is 24.3 Å². The topological polar surface area (TPSA) is 33.7 Å². The van der Waals surface area contributed by atoms with Crippen molar-refractivity contribution in [1.29, 1.82) is 0 Å². The van der Waals surface area contributed by atoms with E-state index in [1.165, 1.54) is 5.56 Å². The fourth-order valence-electron chi connectivity index (χ4n) is 3.62. The molecule has 2 aliphatic rings. The van der Waals surface area contributed by atoms with Gasteiger partial charge in [-0.05, 0) is 36.5 Å². The Hall–Kier alpha value is -0.660. The van der Waals surface area contributed by atoms with Crippen LogP contribution >= 0.6 is 24.8 Å². The first-order chi connectivity index (χ1) is 11.2. The molecule has 0 aromatic heterocycles. The second kappa shape index (κ2) is 11.1. The zero-order chi connectivity index (χ0) is 16.1. The standard InChI is InChI=1S/C17H24F2N2O2.2ClH/c18-17(19)23-15-3-1-13(2-4-15)16(14-5-11-22-12-6-14)21-9-7-20-8-10-21;;/h1-4,14,16-17,20H,5-12H2;2*1H/t16-;;/m1../s1. The molecule has 0 bridgehead atoms. The monoisotopic (exact) mass is 398 g/mol. The fourth-order valence-corrected chi connectivity index (χ4v) is 3.62. The van der Waals surface area contributed by atoms with Gasteiger partial charge < -0.3 is 14.8 Å². The average Bonchev–Trinajstić information content (AvgIpc) is 2.58. The maximum Gasteiger partial charge on any atom is 0.387 e. The van der Waals surface area contributed by atoms with Crippen LogP contribution in [-0.2, 0) is 4.74 Å². The number of halogens is 4. The van der Waals surface area contributed by atoms with E-state index in [9.17, 15) is 8.78 Å². The van der Waals surface area contributed by atoms with E-state index in [2.05, 4.69) is 15.0 Å². The van der Waals surface area contributed by atoms with Crippen LogP contribution < -0.4 is 10.1 Å². The van der Waals surface area contributed by atoms with Crippen molar-refractivity contribution < 1.29 is 18.3 Å². The minimum absolute atomic E-state index is 0. The number of benzene rings is 1. The van der Waals surface area contributed by atoms with Crippen LogP contribution in [0.3, 0.4) is 0 Å². The van der Waals surface area contributed by atoms with E-state index in [1.54, 1.807) is 12.1 Å². The Balaban J connectivity index is 0.00000156. The molecule has 0 unspecified atom stereocenters. The molecular weight excluding hydrogens is 373 g/mol. The molecule has 144 valence electrons. The van der Waals surface area contributed by atoms with Gasteiger partial charge in [0.2, 0.25) is 0 Å². The highest BCUT2D eigenvalue weighted by molar-refractivity contribution is 5.85. The molecule has 1 atom stereocenters. The minimum atomic E-state index is -2.78. The van der Waals surface area contributed by atoms with E-state index in [0.717, 1.165) is 52.2 Å². The predicted molar refractivity (Wildman–Crippen MR) is 98.3 cm³/mol. The van der Waals surface area contributed by atoms with Crippen molar-refractivity contribution in [2.75, 3.05) is 39.4 Å². The van der Waals surface area contributed by atoms with Crippen molar-refractivity contribution in [3.8, 4) is 5.75 Å². The van der Waals surface area contributed by atoms with Gasteiger partial charge in [-0.3, -0.25) is 4.90 Å². The van der Waals surface area contributed by atoms with Gasteiger partial charge in [0, 0.05) is 45.4 Å². The smallest absolute Gasteiger partial charge is 0.387 e. The van der Waals surface area contributed by atoms with Crippen LogP contribution in [-0.4, -0.2) is 50.9 Å². The molecule has 25 heavy (non-hydrogen) atoms. The Kier molecular flexibility index (Phi) is 9.97. The first kappa shape index (κ1) is 22.4. The van der Waals surface area contributed by atoms with Crippen LogP contribution in [0.1, 0.15) is 24.4 Å². The number of nitrogens with one attached hydrogen (secondary N) is 1. The summed E-state index contributed by atoms with van der Waals surface area (Å²) in [5.74, 6) is 0.763. The third-order valence-electron chi connectivity index (χ3n) is 4.70. The molecule has 0 radical (unpaired) electrons. The van der Waals surface area contributed by atoms with Crippen molar-refractivity contribution in [2.45, 2.75) is 25.5 Å². The summed E-state index contributed by atoms with van der Waals surface area (Å²) in [7, 11) is 0. The second-order valence-electron chi connectivity index (χ2n) is 6.13. The Bertz CT molecular complexity index is 464. The van der Waals surface area contributed by atoms with E-state index in [1.807, 2.05) is 12.1 Å². The third-order valence-corrected chi connectivity index (χ3v) is 4.70. The van der Waals surface area contributed by atoms with Gasteiger partial charge in [-0.15, -0.1) is 24.8 Å². The van der Waals surface area contributed by atoms with Gasteiger partial charge >= 0.3 is 6.61 Å². The number of piperazine rings is 1. The molecule has 0 aliphatic carbocycles. The first-order valence-corrected chi connectivity index (χ1v) is 8.31. The first-order valence-electron chi connectivity index (χ1n) is 8.31. The number of hydrogen-bond acceptors (Lipinski definition) is 4. The summed E-state index contributed by atoms with van der Waals surface area (Å²) in [5, 5.41) is 3.38. The van der Waals surface area contributed by atoms with Crippen molar-refractivity contribution >= 4 is 24.8 Å². The Morgan fingerprint density at radius 3 is 2.20 bits per heavy atom. The summed E-state index contributed by atoms with van der Waals surface area (Å²) < 4.78 is 34.6. The second-order valence-corrected chi connectivity index (χ2v) is 6.13. The summed E-state index contributed by atoms with van der Waals surface area (Å²) in [6.07, 6.45) is 2.09. The normalized spacial score (nSPS) is 20.4. The van der Waals surface area contributed by atoms with Crippen LogP contribution in [0, 0.1) is 5.92 Å². The summed E-state index contributed by atoms with van der Waals surface area (Å²) in [6, 6.07) is 7.48. The van der Waals surface area contributed by atoms with E-state index < -0.39 is 6.61 Å². The van der Waals surface area contributed by atoms with E-state index in [0.29, 0.717) is 12.0 Å². The molecule has 0 spiro atoms. The van der Waals surface area contributed by atoms with Gasteiger partial charge in [-0.2, -0.15) is 8.78 Å². The fraction of sp³-hybridized carbons (Fsp3) is 0.647. The summed E-state index contributed by atoms with van der Waals surface area (Å²) >= 11 is 0. The number of nitrogens with zero attached hydrogens (tertiary/aromatic N) is 1. The number of alkyl halides is 2. The zero-order valence-electron chi connectivity index (χ0n) is 14.0. The quantitative estimate of drug-likeness (QED) is 0.822. The molecule has 1 N–H and O–H groups in total. The minimum Gasteiger partial charge on any atom is -0.435 e. The summed E-state index contributed by atoms with van der Waals surface area (Å²) in [4.78, 5) is 2.51. The van der Waals surface area contributed by atoms with E-state index in [4.69, 9.17) is 4.74 Å². The molecule has 0 amide bonds. The molecule has 8 heteroatoms. The average molecular weight is 399 g/mol. The van der Waals surface area contributed by atoms with Crippen LogP contribution in [0.4, 0.5) is 8.78 Å². The number of rotatable bonds is 5. The van der Waals surface area contributed by atoms with Gasteiger partial charge in [-0.1, -0.05) is 12.1 Å². The zero-order valence-corrected chi connectivity index (χ0v) is 15.7. The lowest BCUT2D eigenvalue weighted by molar-refractivity contribution is -0.0498. The molecule has 0 saturated carbocycles. The predicted octanol–water partition coefficient (Wildman–Crippen LogP) is 3.50. The van der Waals surface area contributed by atoms with Gasteiger partial charge in [0.25, 0.3) is 0 Å². The van der Waals surface area contributed by atoms with Crippen molar-refractivity contribution in [1.82, 2.24) is 10.2 Å². The SMILES string of the molecule is Cl.Cl.FC(F)Oc1ccc([C@H](C2CCOCC2)N2CCNCC2)cc1. The highest BCUT2D eigenvalue weighted by atomic mass is 35.5. The van der Waals surface area contributed by atoms with Gasteiger partial charge in [-0.25, -0.2) is 0 Å². The number of hydrogen-bond donors (Lipinski definition) is 1. The Morgan fingerprint density at radius 1 is 1.04 bits per heavy atom. The molecule has 2 heterocycles. The van der Waals surface area contributed by atoms with Crippen molar-refractivity contribution in [3.63, 3.8) is 0 Å². The lowest BCUT2D eigenvalue weighted by Crippen LogP contribution is -2.47. The maximum atomic E-state index is 12.3. The summed E-state index contributed by atoms with van der Waals surface area (Å²) in [5.41, 5.74) is 1.18. The molecule has 2 aliphatic heterocycles. The molecule has 4 nitrogen and oxygen atoms in total. The highest BCUT2D eigenvalue weighted by Gasteiger charge is 2.31. The maximum absolute atomic E-state index is 12.3. The van der Waals surface area contributed by atoms with Crippen LogP contribution in [0.25, 0.3) is 0 Å². The van der Waals surface area contributed by atoms with Gasteiger partial charge in [0.15, 0.2) is 0 Å². The molecule has 3 rings (SSSR count). The van der Waals surface area contributed by atoms with Gasteiger partial charge in [0.05, 0.1) is 0 Å². The molecule has 2 saturated heterocycles. The molecular formula is C17H26Cl2F2N2O2.